The molecule has 0 spiro atoms. The monoisotopic (exact) mass is 207 g/mol. The van der Waals surface area contributed by atoms with Crippen LogP contribution in [0.25, 0.3) is 0 Å². The highest BCUT2D eigenvalue weighted by molar-refractivity contribution is 5.36. The van der Waals surface area contributed by atoms with Gasteiger partial charge in [-0.1, -0.05) is 19.9 Å². The average molecular weight is 207 g/mol. The van der Waals surface area contributed by atoms with Crippen LogP contribution in [0.1, 0.15) is 37.8 Å². The maximum Gasteiger partial charge on any atom is 0.119 e. The second kappa shape index (κ2) is 5.17. The summed E-state index contributed by atoms with van der Waals surface area (Å²) in [5.74, 6) is 1.47. The van der Waals surface area contributed by atoms with Crippen LogP contribution in [-0.2, 0) is 0 Å². The summed E-state index contributed by atoms with van der Waals surface area (Å²) in [4.78, 5) is 0. The second-order valence-electron chi connectivity index (χ2n) is 4.46. The largest absolute Gasteiger partial charge is 0.492 e. The summed E-state index contributed by atoms with van der Waals surface area (Å²) in [6, 6.07) is 6.31. The van der Waals surface area contributed by atoms with Crippen molar-refractivity contribution in [2.45, 2.75) is 39.7 Å². The first-order chi connectivity index (χ1) is 7.00. The molecule has 0 saturated heterocycles. The molecule has 15 heavy (non-hydrogen) atoms. The Balaban J connectivity index is 2.73. The molecule has 0 aliphatic rings. The van der Waals surface area contributed by atoms with Gasteiger partial charge in [-0.25, -0.2) is 0 Å². The molecule has 0 unspecified atom stereocenters. The SMILES string of the molecule is Cc1cc(OC[C@H](C)N)ccc1C(C)C. The van der Waals surface area contributed by atoms with E-state index in [9.17, 15) is 0 Å². The highest BCUT2D eigenvalue weighted by Crippen LogP contribution is 2.23. The molecule has 2 heteroatoms. The lowest BCUT2D eigenvalue weighted by Gasteiger charge is -2.13. The summed E-state index contributed by atoms with van der Waals surface area (Å²) in [6.45, 7) is 9.03. The van der Waals surface area contributed by atoms with Gasteiger partial charge in [0.05, 0.1) is 0 Å². The van der Waals surface area contributed by atoms with E-state index in [0.29, 0.717) is 12.5 Å². The summed E-state index contributed by atoms with van der Waals surface area (Å²) in [6.07, 6.45) is 0. The molecule has 0 fully saturated rings. The number of hydrogen-bond acceptors (Lipinski definition) is 2. The fraction of sp³-hybridized carbons (Fsp3) is 0.538. The number of benzene rings is 1. The predicted octanol–water partition coefficient (Wildman–Crippen LogP) is 2.84. The summed E-state index contributed by atoms with van der Waals surface area (Å²) >= 11 is 0. The van der Waals surface area contributed by atoms with Crippen LogP contribution in [0.5, 0.6) is 5.75 Å². The molecule has 0 saturated carbocycles. The fourth-order valence-corrected chi connectivity index (χ4v) is 1.61. The van der Waals surface area contributed by atoms with Crippen molar-refractivity contribution >= 4 is 0 Å². The number of rotatable bonds is 4. The smallest absolute Gasteiger partial charge is 0.119 e. The van der Waals surface area contributed by atoms with Gasteiger partial charge in [0.2, 0.25) is 0 Å². The predicted molar refractivity (Wildman–Crippen MR) is 64.4 cm³/mol. The molecular weight excluding hydrogens is 186 g/mol. The van der Waals surface area contributed by atoms with Crippen LogP contribution in [0.3, 0.4) is 0 Å². The van der Waals surface area contributed by atoms with E-state index >= 15 is 0 Å². The van der Waals surface area contributed by atoms with Gasteiger partial charge in [0, 0.05) is 6.04 Å². The molecule has 0 heterocycles. The van der Waals surface area contributed by atoms with Gasteiger partial charge in [0.15, 0.2) is 0 Å². The Labute approximate surface area is 92.4 Å². The zero-order valence-electron chi connectivity index (χ0n) is 10.1. The highest BCUT2D eigenvalue weighted by atomic mass is 16.5. The Kier molecular flexibility index (Phi) is 4.15. The third kappa shape index (κ3) is 3.56. The van der Waals surface area contributed by atoms with Crippen LogP contribution in [0.4, 0.5) is 0 Å². The molecule has 1 rings (SSSR count). The van der Waals surface area contributed by atoms with E-state index in [1.54, 1.807) is 0 Å². The Bertz CT molecular complexity index is 318. The standard InChI is InChI=1S/C13H21NO/c1-9(2)13-6-5-12(7-10(13)3)15-8-11(4)14/h5-7,9,11H,8,14H2,1-4H3/t11-/m0/s1. The molecule has 0 bridgehead atoms. The third-order valence-electron chi connectivity index (χ3n) is 2.38. The van der Waals surface area contributed by atoms with E-state index in [1.165, 1.54) is 11.1 Å². The van der Waals surface area contributed by atoms with Crippen molar-refractivity contribution in [3.05, 3.63) is 29.3 Å². The maximum atomic E-state index is 5.63. The minimum Gasteiger partial charge on any atom is -0.492 e. The van der Waals surface area contributed by atoms with E-state index in [1.807, 2.05) is 13.0 Å². The van der Waals surface area contributed by atoms with Gasteiger partial charge in [0.25, 0.3) is 0 Å². The molecule has 1 aromatic carbocycles. The molecular formula is C13H21NO. The van der Waals surface area contributed by atoms with Gasteiger partial charge >= 0.3 is 0 Å². The Morgan fingerprint density at radius 1 is 1.27 bits per heavy atom. The van der Waals surface area contributed by atoms with Crippen molar-refractivity contribution in [1.29, 1.82) is 0 Å². The molecule has 2 N–H and O–H groups in total. The zero-order valence-corrected chi connectivity index (χ0v) is 10.1. The van der Waals surface area contributed by atoms with Crippen LogP contribution >= 0.6 is 0 Å². The molecule has 2 nitrogen and oxygen atoms in total. The van der Waals surface area contributed by atoms with Crippen molar-refractivity contribution in [1.82, 2.24) is 0 Å². The van der Waals surface area contributed by atoms with E-state index in [4.69, 9.17) is 10.5 Å². The lowest BCUT2D eigenvalue weighted by Crippen LogP contribution is -2.23. The Hall–Kier alpha value is -1.02. The molecule has 0 amide bonds. The van der Waals surface area contributed by atoms with Crippen molar-refractivity contribution in [2.75, 3.05) is 6.61 Å². The minimum atomic E-state index is 0.0788. The quantitative estimate of drug-likeness (QED) is 0.824. The van der Waals surface area contributed by atoms with Crippen LogP contribution < -0.4 is 10.5 Å². The van der Waals surface area contributed by atoms with Gasteiger partial charge in [0.1, 0.15) is 12.4 Å². The number of hydrogen-bond donors (Lipinski definition) is 1. The van der Waals surface area contributed by atoms with Crippen molar-refractivity contribution in [2.24, 2.45) is 5.73 Å². The maximum absolute atomic E-state index is 5.63. The van der Waals surface area contributed by atoms with Crippen molar-refractivity contribution in [3.8, 4) is 5.75 Å². The van der Waals surface area contributed by atoms with Gasteiger partial charge in [-0.2, -0.15) is 0 Å². The van der Waals surface area contributed by atoms with Gasteiger partial charge in [-0.3, -0.25) is 0 Å². The third-order valence-corrected chi connectivity index (χ3v) is 2.38. The molecule has 1 aromatic rings. The normalized spacial score (nSPS) is 12.9. The lowest BCUT2D eigenvalue weighted by molar-refractivity contribution is 0.296. The Morgan fingerprint density at radius 2 is 1.93 bits per heavy atom. The van der Waals surface area contributed by atoms with Crippen LogP contribution in [0, 0.1) is 6.92 Å². The van der Waals surface area contributed by atoms with Gasteiger partial charge < -0.3 is 10.5 Å². The van der Waals surface area contributed by atoms with Crippen molar-refractivity contribution < 1.29 is 4.74 Å². The van der Waals surface area contributed by atoms with E-state index in [-0.39, 0.29) is 6.04 Å². The average Bonchev–Trinajstić information content (AvgIpc) is 2.14. The first-order valence-corrected chi connectivity index (χ1v) is 5.49. The highest BCUT2D eigenvalue weighted by Gasteiger charge is 2.05. The molecule has 0 aromatic heterocycles. The minimum absolute atomic E-state index is 0.0788. The van der Waals surface area contributed by atoms with E-state index < -0.39 is 0 Å². The number of ether oxygens (including phenoxy) is 1. The van der Waals surface area contributed by atoms with Crippen LogP contribution in [0.2, 0.25) is 0 Å². The number of aryl methyl sites for hydroxylation is 1. The molecule has 0 aliphatic carbocycles. The van der Waals surface area contributed by atoms with Crippen LogP contribution in [-0.4, -0.2) is 12.6 Å². The number of nitrogens with two attached hydrogens (primary N) is 1. The van der Waals surface area contributed by atoms with Gasteiger partial charge in [-0.15, -0.1) is 0 Å². The second-order valence-corrected chi connectivity index (χ2v) is 4.46. The first-order valence-electron chi connectivity index (χ1n) is 5.49. The van der Waals surface area contributed by atoms with Gasteiger partial charge in [-0.05, 0) is 43.0 Å². The summed E-state index contributed by atoms with van der Waals surface area (Å²) in [5.41, 5.74) is 8.29. The topological polar surface area (TPSA) is 35.2 Å². The molecule has 0 aliphatic heterocycles. The zero-order chi connectivity index (χ0) is 11.4. The summed E-state index contributed by atoms with van der Waals surface area (Å²) in [7, 11) is 0. The first kappa shape index (κ1) is 12.1. The summed E-state index contributed by atoms with van der Waals surface area (Å²) in [5, 5.41) is 0. The van der Waals surface area contributed by atoms with E-state index in [2.05, 4.69) is 32.9 Å². The molecule has 84 valence electrons. The molecule has 0 radical (unpaired) electrons. The van der Waals surface area contributed by atoms with Crippen LogP contribution in [0.15, 0.2) is 18.2 Å². The van der Waals surface area contributed by atoms with Crippen molar-refractivity contribution in [3.63, 3.8) is 0 Å². The Morgan fingerprint density at radius 3 is 2.40 bits per heavy atom. The summed E-state index contributed by atoms with van der Waals surface area (Å²) < 4.78 is 5.56. The molecule has 1 atom stereocenters. The lowest BCUT2D eigenvalue weighted by atomic mass is 9.98. The van der Waals surface area contributed by atoms with E-state index in [0.717, 1.165) is 5.75 Å². The fourth-order valence-electron chi connectivity index (χ4n) is 1.61.